The van der Waals surface area contributed by atoms with Crippen LogP contribution in [-0.4, -0.2) is 24.4 Å². The van der Waals surface area contributed by atoms with Crippen molar-refractivity contribution in [2.24, 2.45) is 5.92 Å². The summed E-state index contributed by atoms with van der Waals surface area (Å²) in [4.78, 5) is 18.8. The number of rotatable bonds is 8. The number of piperidine rings is 1. The molecule has 39 heavy (non-hydrogen) atoms. The third-order valence-electron chi connectivity index (χ3n) is 6.97. The predicted molar refractivity (Wildman–Crippen MR) is 153 cm³/mol. The Morgan fingerprint density at radius 3 is 2.44 bits per heavy atom. The second-order valence-electron chi connectivity index (χ2n) is 9.61. The minimum absolute atomic E-state index is 0.143. The fourth-order valence-corrected chi connectivity index (χ4v) is 5.94. The summed E-state index contributed by atoms with van der Waals surface area (Å²) in [6.45, 7) is 2.11. The van der Waals surface area contributed by atoms with Crippen LogP contribution in [-0.2, 0) is 11.4 Å². The van der Waals surface area contributed by atoms with Crippen LogP contribution < -0.4 is 14.4 Å². The molecule has 0 spiro atoms. The molecule has 5 aromatic rings. The molecule has 0 aliphatic carbocycles. The van der Waals surface area contributed by atoms with E-state index in [4.69, 9.17) is 9.47 Å². The SMILES string of the molecule is O=CC1CCN(c2ccc(Oc3c(-c4ccc(F)cc4)sc4cc(OCc5ccccc5)ccc34)cn2)CC1. The molecule has 0 radical (unpaired) electrons. The monoisotopic (exact) mass is 538 g/mol. The molecule has 1 aliphatic heterocycles. The molecule has 3 heterocycles. The van der Waals surface area contributed by atoms with E-state index in [1.165, 1.54) is 12.1 Å². The summed E-state index contributed by atoms with van der Waals surface area (Å²) in [5, 5.41) is 0.950. The quantitative estimate of drug-likeness (QED) is 0.188. The van der Waals surface area contributed by atoms with Gasteiger partial charge in [0, 0.05) is 29.1 Å². The molecule has 3 aromatic carbocycles. The zero-order valence-corrected chi connectivity index (χ0v) is 22.1. The van der Waals surface area contributed by atoms with E-state index in [-0.39, 0.29) is 11.7 Å². The minimum atomic E-state index is -0.282. The van der Waals surface area contributed by atoms with Crippen molar-refractivity contribution >= 4 is 33.5 Å². The Bertz CT molecular complexity index is 1560. The van der Waals surface area contributed by atoms with Gasteiger partial charge in [-0.25, -0.2) is 9.37 Å². The highest BCUT2D eigenvalue weighted by molar-refractivity contribution is 7.22. The Labute approximate surface area is 230 Å². The van der Waals surface area contributed by atoms with Crippen LogP contribution in [0.15, 0.2) is 91.1 Å². The standard InChI is InChI=1S/C32H27FN2O3S/c33-25-8-6-24(7-9-25)32-31(38-27-11-13-30(34-19-27)35-16-14-22(20-36)15-17-35)28-12-10-26(18-29(28)39-32)37-21-23-4-2-1-3-5-23/h1-13,18-20,22H,14-17,21H2. The van der Waals surface area contributed by atoms with Gasteiger partial charge in [0.2, 0.25) is 0 Å². The number of hydrogen-bond donors (Lipinski definition) is 0. The lowest BCUT2D eigenvalue weighted by Gasteiger charge is -2.30. The molecule has 1 fully saturated rings. The predicted octanol–water partition coefficient (Wildman–Crippen LogP) is 7.89. The van der Waals surface area contributed by atoms with Gasteiger partial charge >= 0.3 is 0 Å². The number of pyridine rings is 1. The second kappa shape index (κ2) is 11.3. The molecular formula is C32H27FN2O3S. The number of aldehydes is 1. The van der Waals surface area contributed by atoms with E-state index in [1.54, 1.807) is 29.7 Å². The van der Waals surface area contributed by atoms with Crippen molar-refractivity contribution in [1.29, 1.82) is 0 Å². The van der Waals surface area contributed by atoms with Crippen LogP contribution in [0.4, 0.5) is 10.2 Å². The maximum absolute atomic E-state index is 13.7. The molecule has 0 amide bonds. The molecule has 0 atom stereocenters. The number of carbonyl (C=O) groups excluding carboxylic acids is 1. The van der Waals surface area contributed by atoms with Gasteiger partial charge in [0.25, 0.3) is 0 Å². The zero-order valence-electron chi connectivity index (χ0n) is 21.3. The lowest BCUT2D eigenvalue weighted by atomic mass is 9.99. The molecule has 6 rings (SSSR count). The van der Waals surface area contributed by atoms with Crippen LogP contribution in [0.2, 0.25) is 0 Å². The van der Waals surface area contributed by atoms with Crippen LogP contribution in [0.3, 0.4) is 0 Å². The van der Waals surface area contributed by atoms with Gasteiger partial charge in [-0.15, -0.1) is 11.3 Å². The van der Waals surface area contributed by atoms with Crippen LogP contribution >= 0.6 is 11.3 Å². The number of halogens is 1. The van der Waals surface area contributed by atoms with Gasteiger partial charge < -0.3 is 19.2 Å². The van der Waals surface area contributed by atoms with Crippen LogP contribution in [0.25, 0.3) is 20.5 Å². The molecule has 0 unspecified atom stereocenters. The fourth-order valence-electron chi connectivity index (χ4n) is 4.78. The number of nitrogens with zero attached hydrogens (tertiary/aromatic N) is 2. The largest absolute Gasteiger partial charge is 0.489 e. The third kappa shape index (κ3) is 5.64. The molecule has 5 nitrogen and oxygen atoms in total. The van der Waals surface area contributed by atoms with Crippen molar-refractivity contribution in [3.63, 3.8) is 0 Å². The smallest absolute Gasteiger partial charge is 0.153 e. The van der Waals surface area contributed by atoms with E-state index in [9.17, 15) is 9.18 Å². The normalized spacial score (nSPS) is 13.9. The number of aromatic nitrogens is 1. The number of benzene rings is 3. The average molecular weight is 539 g/mol. The molecule has 1 saturated heterocycles. The Hall–Kier alpha value is -4.23. The first-order valence-electron chi connectivity index (χ1n) is 13.0. The number of ether oxygens (including phenoxy) is 2. The van der Waals surface area contributed by atoms with Crippen LogP contribution in [0.5, 0.6) is 17.2 Å². The highest BCUT2D eigenvalue weighted by atomic mass is 32.1. The fraction of sp³-hybridized carbons (Fsp3) is 0.188. The zero-order chi connectivity index (χ0) is 26.6. The number of fused-ring (bicyclic) bond motifs is 1. The van der Waals surface area contributed by atoms with Crippen molar-refractivity contribution in [3.05, 3.63) is 103 Å². The number of thiophene rings is 1. The second-order valence-corrected chi connectivity index (χ2v) is 10.7. The Kier molecular flexibility index (Phi) is 7.23. The Balaban J connectivity index is 1.28. The van der Waals surface area contributed by atoms with Gasteiger partial charge in [0.05, 0.1) is 11.1 Å². The molecule has 196 valence electrons. The number of anilines is 1. The highest BCUT2D eigenvalue weighted by Crippen LogP contribution is 2.47. The van der Waals surface area contributed by atoms with Crippen LogP contribution in [0.1, 0.15) is 18.4 Å². The average Bonchev–Trinajstić information content (AvgIpc) is 3.34. The summed E-state index contributed by atoms with van der Waals surface area (Å²) >= 11 is 1.58. The van der Waals surface area contributed by atoms with Gasteiger partial charge in [-0.2, -0.15) is 0 Å². The first-order valence-corrected chi connectivity index (χ1v) is 13.8. The summed E-state index contributed by atoms with van der Waals surface area (Å²) in [6.07, 6.45) is 4.49. The molecule has 1 aliphatic rings. The van der Waals surface area contributed by atoms with Gasteiger partial charge in [-0.3, -0.25) is 0 Å². The van der Waals surface area contributed by atoms with Crippen LogP contribution in [0, 0.1) is 11.7 Å². The van der Waals surface area contributed by atoms with Gasteiger partial charge in [-0.1, -0.05) is 42.5 Å². The summed E-state index contributed by atoms with van der Waals surface area (Å²) in [7, 11) is 0. The van der Waals surface area contributed by atoms with Gasteiger partial charge in [0.1, 0.15) is 36.0 Å². The first-order chi connectivity index (χ1) is 19.2. The van der Waals surface area contributed by atoms with Crippen molar-refractivity contribution in [3.8, 4) is 27.7 Å². The van der Waals surface area contributed by atoms with Crippen molar-refractivity contribution in [2.45, 2.75) is 19.4 Å². The van der Waals surface area contributed by atoms with E-state index in [0.717, 1.165) is 69.9 Å². The summed E-state index contributed by atoms with van der Waals surface area (Å²) < 4.78 is 27.2. The highest BCUT2D eigenvalue weighted by Gasteiger charge is 2.21. The van der Waals surface area contributed by atoms with E-state index >= 15 is 0 Å². The first kappa shape index (κ1) is 25.1. The summed E-state index contributed by atoms with van der Waals surface area (Å²) in [5.74, 6) is 2.84. The van der Waals surface area contributed by atoms with Crippen molar-refractivity contribution in [1.82, 2.24) is 4.98 Å². The Morgan fingerprint density at radius 2 is 1.72 bits per heavy atom. The van der Waals surface area contributed by atoms with Gasteiger partial charge in [0.15, 0.2) is 5.75 Å². The maximum Gasteiger partial charge on any atom is 0.153 e. The molecule has 7 heteroatoms. The van der Waals surface area contributed by atoms with E-state index in [1.807, 2.05) is 60.7 Å². The molecule has 0 saturated carbocycles. The third-order valence-corrected chi connectivity index (χ3v) is 8.15. The summed E-state index contributed by atoms with van der Waals surface area (Å²) in [5.41, 5.74) is 1.98. The minimum Gasteiger partial charge on any atom is -0.489 e. The maximum atomic E-state index is 13.7. The molecule has 0 bridgehead atoms. The van der Waals surface area contributed by atoms with Gasteiger partial charge in [-0.05, 0) is 66.4 Å². The lowest BCUT2D eigenvalue weighted by Crippen LogP contribution is -2.34. The molecular weight excluding hydrogens is 511 g/mol. The van der Waals surface area contributed by atoms with E-state index in [0.29, 0.717) is 18.1 Å². The molecule has 2 aromatic heterocycles. The topological polar surface area (TPSA) is 51.7 Å². The molecule has 0 N–H and O–H groups in total. The summed E-state index contributed by atoms with van der Waals surface area (Å²) in [6, 6.07) is 26.4. The van der Waals surface area contributed by atoms with E-state index in [2.05, 4.69) is 9.88 Å². The number of hydrogen-bond acceptors (Lipinski definition) is 6. The number of carbonyl (C=O) groups is 1. The van der Waals surface area contributed by atoms with Crippen molar-refractivity contribution in [2.75, 3.05) is 18.0 Å². The van der Waals surface area contributed by atoms with Crippen molar-refractivity contribution < 1.29 is 18.7 Å². The lowest BCUT2D eigenvalue weighted by molar-refractivity contribution is -0.111. The Morgan fingerprint density at radius 1 is 0.949 bits per heavy atom. The van der Waals surface area contributed by atoms with E-state index < -0.39 is 0 Å².